The standard InChI is InChI=1S/C12H14N4O2/c13-11(9-4-2-1-3-5-9)12(17)14-7-6-10-15-8-18-16-10/h1-5,8,11H,6-7,13H2,(H,14,17). The van der Waals surface area contributed by atoms with Crippen molar-refractivity contribution in [3.63, 3.8) is 0 Å². The molecule has 1 aromatic heterocycles. The number of carbonyl (C=O) groups is 1. The molecule has 6 heteroatoms. The van der Waals surface area contributed by atoms with Crippen LogP contribution in [0.4, 0.5) is 0 Å². The molecule has 0 fully saturated rings. The van der Waals surface area contributed by atoms with E-state index in [0.717, 1.165) is 5.56 Å². The molecule has 3 N–H and O–H groups in total. The number of nitrogens with one attached hydrogen (secondary N) is 1. The fourth-order valence-corrected chi connectivity index (χ4v) is 1.52. The third kappa shape index (κ3) is 3.14. The minimum atomic E-state index is -0.656. The van der Waals surface area contributed by atoms with Crippen LogP contribution in [0.5, 0.6) is 0 Å². The van der Waals surface area contributed by atoms with Crippen LogP contribution in [0.1, 0.15) is 17.4 Å². The van der Waals surface area contributed by atoms with Gasteiger partial charge in [0.1, 0.15) is 6.04 Å². The Labute approximate surface area is 104 Å². The molecule has 2 aromatic rings. The first kappa shape index (κ1) is 12.3. The Morgan fingerprint density at radius 2 is 2.17 bits per heavy atom. The molecule has 1 amide bonds. The van der Waals surface area contributed by atoms with E-state index in [-0.39, 0.29) is 5.91 Å². The summed E-state index contributed by atoms with van der Waals surface area (Å²) in [4.78, 5) is 15.6. The Morgan fingerprint density at radius 1 is 1.39 bits per heavy atom. The van der Waals surface area contributed by atoms with Crippen molar-refractivity contribution < 1.29 is 9.32 Å². The largest absolute Gasteiger partial charge is 0.354 e. The maximum absolute atomic E-state index is 11.8. The maximum atomic E-state index is 11.8. The summed E-state index contributed by atoms with van der Waals surface area (Å²) in [6.45, 7) is 0.429. The fourth-order valence-electron chi connectivity index (χ4n) is 1.52. The molecule has 0 saturated heterocycles. The molecule has 0 radical (unpaired) electrons. The van der Waals surface area contributed by atoms with Crippen LogP contribution in [0.25, 0.3) is 0 Å². The number of aromatic nitrogens is 2. The molecule has 1 unspecified atom stereocenters. The Balaban J connectivity index is 1.81. The Hall–Kier alpha value is -2.21. The lowest BCUT2D eigenvalue weighted by atomic mass is 10.1. The zero-order valence-corrected chi connectivity index (χ0v) is 9.74. The molecule has 0 aliphatic heterocycles. The van der Waals surface area contributed by atoms with Gasteiger partial charge in [-0.3, -0.25) is 4.79 Å². The molecule has 6 nitrogen and oxygen atoms in total. The van der Waals surface area contributed by atoms with Gasteiger partial charge in [0.15, 0.2) is 5.82 Å². The SMILES string of the molecule is NC(C(=O)NCCc1ncon1)c1ccccc1. The van der Waals surface area contributed by atoms with Crippen molar-refractivity contribution in [3.05, 3.63) is 48.1 Å². The lowest BCUT2D eigenvalue weighted by Crippen LogP contribution is -2.35. The number of nitrogens with zero attached hydrogens (tertiary/aromatic N) is 2. The van der Waals surface area contributed by atoms with Crippen molar-refractivity contribution in [1.82, 2.24) is 15.5 Å². The van der Waals surface area contributed by atoms with Crippen LogP contribution in [0, 0.1) is 0 Å². The van der Waals surface area contributed by atoms with Crippen molar-refractivity contribution in [2.45, 2.75) is 12.5 Å². The molecule has 1 heterocycles. The first-order valence-corrected chi connectivity index (χ1v) is 5.61. The molecular weight excluding hydrogens is 232 g/mol. The van der Waals surface area contributed by atoms with Gasteiger partial charge in [0.2, 0.25) is 12.3 Å². The van der Waals surface area contributed by atoms with Crippen LogP contribution < -0.4 is 11.1 Å². The number of amides is 1. The highest BCUT2D eigenvalue weighted by molar-refractivity contribution is 5.82. The van der Waals surface area contributed by atoms with Crippen LogP contribution in [-0.4, -0.2) is 22.6 Å². The quantitative estimate of drug-likeness (QED) is 0.797. The molecule has 1 atom stereocenters. The van der Waals surface area contributed by atoms with E-state index >= 15 is 0 Å². The van der Waals surface area contributed by atoms with Gasteiger partial charge in [-0.25, -0.2) is 0 Å². The van der Waals surface area contributed by atoms with E-state index in [1.165, 1.54) is 6.39 Å². The van der Waals surface area contributed by atoms with Gasteiger partial charge in [0.25, 0.3) is 0 Å². The van der Waals surface area contributed by atoms with Gasteiger partial charge in [-0.2, -0.15) is 4.98 Å². The summed E-state index contributed by atoms with van der Waals surface area (Å²) in [5, 5.41) is 6.38. The zero-order chi connectivity index (χ0) is 12.8. The maximum Gasteiger partial charge on any atom is 0.241 e. The average Bonchev–Trinajstić information content (AvgIpc) is 2.92. The summed E-state index contributed by atoms with van der Waals surface area (Å²) in [5.41, 5.74) is 6.62. The predicted octanol–water partition coefficient (Wildman–Crippen LogP) is 0.428. The minimum absolute atomic E-state index is 0.218. The van der Waals surface area contributed by atoms with E-state index in [2.05, 4.69) is 20.0 Å². The van der Waals surface area contributed by atoms with Gasteiger partial charge in [0, 0.05) is 13.0 Å². The van der Waals surface area contributed by atoms with E-state index in [9.17, 15) is 4.79 Å². The van der Waals surface area contributed by atoms with Gasteiger partial charge >= 0.3 is 0 Å². The van der Waals surface area contributed by atoms with Crippen molar-refractivity contribution in [3.8, 4) is 0 Å². The first-order chi connectivity index (χ1) is 8.77. The Bertz CT molecular complexity index is 484. The van der Waals surface area contributed by atoms with Crippen molar-refractivity contribution in [2.24, 2.45) is 5.73 Å². The number of hydrogen-bond acceptors (Lipinski definition) is 5. The summed E-state index contributed by atoms with van der Waals surface area (Å²) >= 11 is 0. The van der Waals surface area contributed by atoms with Crippen LogP contribution in [-0.2, 0) is 11.2 Å². The third-order valence-electron chi connectivity index (χ3n) is 2.50. The van der Waals surface area contributed by atoms with Gasteiger partial charge in [-0.1, -0.05) is 35.5 Å². The molecule has 18 heavy (non-hydrogen) atoms. The summed E-state index contributed by atoms with van der Waals surface area (Å²) in [6.07, 6.45) is 1.77. The average molecular weight is 246 g/mol. The monoisotopic (exact) mass is 246 g/mol. The molecule has 2 rings (SSSR count). The topological polar surface area (TPSA) is 94.0 Å². The van der Waals surface area contributed by atoms with E-state index in [0.29, 0.717) is 18.8 Å². The van der Waals surface area contributed by atoms with E-state index in [4.69, 9.17) is 5.73 Å². The van der Waals surface area contributed by atoms with E-state index in [1.807, 2.05) is 30.3 Å². The molecule has 0 saturated carbocycles. The summed E-state index contributed by atoms with van der Waals surface area (Å²) in [6, 6.07) is 8.57. The molecule has 0 bridgehead atoms. The molecular formula is C12H14N4O2. The molecule has 1 aromatic carbocycles. The minimum Gasteiger partial charge on any atom is -0.354 e. The van der Waals surface area contributed by atoms with Crippen molar-refractivity contribution in [2.75, 3.05) is 6.54 Å². The number of hydrogen-bond donors (Lipinski definition) is 2. The van der Waals surface area contributed by atoms with E-state index < -0.39 is 6.04 Å². The summed E-state index contributed by atoms with van der Waals surface area (Å²) in [7, 11) is 0. The third-order valence-corrected chi connectivity index (χ3v) is 2.50. The van der Waals surface area contributed by atoms with Gasteiger partial charge < -0.3 is 15.6 Å². The molecule has 0 aliphatic carbocycles. The van der Waals surface area contributed by atoms with Crippen LogP contribution in [0.15, 0.2) is 41.2 Å². The normalized spacial score (nSPS) is 12.1. The highest BCUT2D eigenvalue weighted by atomic mass is 16.5. The van der Waals surface area contributed by atoms with Crippen LogP contribution in [0.2, 0.25) is 0 Å². The molecule has 0 spiro atoms. The van der Waals surface area contributed by atoms with Gasteiger partial charge in [0.05, 0.1) is 0 Å². The molecule has 94 valence electrons. The smallest absolute Gasteiger partial charge is 0.241 e. The second-order valence-electron chi connectivity index (χ2n) is 3.78. The highest BCUT2D eigenvalue weighted by Gasteiger charge is 2.14. The lowest BCUT2D eigenvalue weighted by molar-refractivity contribution is -0.122. The van der Waals surface area contributed by atoms with E-state index in [1.54, 1.807) is 0 Å². The van der Waals surface area contributed by atoms with Crippen molar-refractivity contribution >= 4 is 5.91 Å². The Kier molecular flexibility index (Phi) is 4.03. The van der Waals surface area contributed by atoms with Gasteiger partial charge in [-0.05, 0) is 5.56 Å². The summed E-state index contributed by atoms with van der Waals surface area (Å²) < 4.78 is 4.59. The highest BCUT2D eigenvalue weighted by Crippen LogP contribution is 2.08. The predicted molar refractivity (Wildman–Crippen MR) is 64.4 cm³/mol. The second kappa shape index (κ2) is 5.92. The first-order valence-electron chi connectivity index (χ1n) is 5.61. The van der Waals surface area contributed by atoms with Crippen molar-refractivity contribution in [1.29, 1.82) is 0 Å². The number of nitrogens with two attached hydrogens (primary N) is 1. The fraction of sp³-hybridized carbons (Fsp3) is 0.250. The lowest BCUT2D eigenvalue weighted by Gasteiger charge is -2.11. The van der Waals surface area contributed by atoms with Gasteiger partial charge in [-0.15, -0.1) is 0 Å². The Morgan fingerprint density at radius 3 is 2.83 bits per heavy atom. The number of rotatable bonds is 5. The number of benzene rings is 1. The summed E-state index contributed by atoms with van der Waals surface area (Å²) in [5.74, 6) is 0.341. The van der Waals surface area contributed by atoms with Crippen LogP contribution >= 0.6 is 0 Å². The van der Waals surface area contributed by atoms with Crippen LogP contribution in [0.3, 0.4) is 0 Å². The second-order valence-corrected chi connectivity index (χ2v) is 3.78. The number of carbonyl (C=O) groups excluding carboxylic acids is 1. The zero-order valence-electron chi connectivity index (χ0n) is 9.74. The molecule has 0 aliphatic rings.